The molecule has 6 aromatic rings. The maximum Gasteiger partial charge on any atom is 0.266 e. The molecule has 6 aromatic carbocycles. The summed E-state index contributed by atoms with van der Waals surface area (Å²) >= 11 is 0. The standard InChI is InChI=1S/C45H24N2O5/c48-41(33-22-19-31(20-23-33)16-15-29-9-3-1-4-10-29)34-26-35(46-42(49)37-13-7-8-14-38(37)43(46)50)28-36(27-34)47-44(51)39-24-21-32(25-40(39)45(47)52)18-17-30-11-5-2-6-12-30/h1-14,19-28H. The van der Waals surface area contributed by atoms with Crippen LogP contribution in [0.1, 0.15) is 79.6 Å². The highest BCUT2D eigenvalue weighted by Gasteiger charge is 2.40. The van der Waals surface area contributed by atoms with Crippen LogP contribution in [-0.4, -0.2) is 29.4 Å². The van der Waals surface area contributed by atoms with E-state index in [1.807, 2.05) is 60.7 Å². The number of imide groups is 2. The number of carbonyl (C=O) groups is 5. The van der Waals surface area contributed by atoms with Crippen molar-refractivity contribution in [3.05, 3.63) is 201 Å². The van der Waals surface area contributed by atoms with Crippen LogP contribution in [0.3, 0.4) is 0 Å². The maximum atomic E-state index is 14.0. The van der Waals surface area contributed by atoms with Crippen molar-refractivity contribution in [1.82, 2.24) is 0 Å². The highest BCUT2D eigenvalue weighted by atomic mass is 16.2. The van der Waals surface area contributed by atoms with E-state index in [0.29, 0.717) is 16.7 Å². The molecule has 0 saturated carbocycles. The van der Waals surface area contributed by atoms with Gasteiger partial charge in [-0.05, 0) is 97.1 Å². The van der Waals surface area contributed by atoms with Crippen LogP contribution in [0.25, 0.3) is 0 Å². The third-order valence-corrected chi connectivity index (χ3v) is 8.76. The molecule has 0 radical (unpaired) electrons. The summed E-state index contributed by atoms with van der Waals surface area (Å²) in [5, 5.41) is 0. The van der Waals surface area contributed by atoms with E-state index in [1.165, 1.54) is 18.2 Å². The van der Waals surface area contributed by atoms with Crippen LogP contribution in [0.2, 0.25) is 0 Å². The van der Waals surface area contributed by atoms with Gasteiger partial charge in [-0.2, -0.15) is 0 Å². The molecule has 0 bridgehead atoms. The molecule has 2 heterocycles. The van der Waals surface area contributed by atoms with Gasteiger partial charge < -0.3 is 0 Å². The van der Waals surface area contributed by atoms with Crippen LogP contribution in [-0.2, 0) is 0 Å². The predicted molar refractivity (Wildman–Crippen MR) is 196 cm³/mol. The fraction of sp³-hybridized carbons (Fsp3) is 0. The molecule has 0 atom stereocenters. The second-order valence-electron chi connectivity index (χ2n) is 12.1. The van der Waals surface area contributed by atoms with Crippen molar-refractivity contribution in [3.8, 4) is 23.7 Å². The number of amides is 4. The summed E-state index contributed by atoms with van der Waals surface area (Å²) in [7, 11) is 0. The lowest BCUT2D eigenvalue weighted by Crippen LogP contribution is -2.32. The Morgan fingerprint density at radius 3 is 1.29 bits per heavy atom. The molecular formula is C45H24N2O5. The summed E-state index contributed by atoms with van der Waals surface area (Å²) in [5.41, 5.74) is 4.07. The summed E-state index contributed by atoms with van der Waals surface area (Å²) in [6.45, 7) is 0. The van der Waals surface area contributed by atoms with E-state index in [9.17, 15) is 24.0 Å². The third-order valence-electron chi connectivity index (χ3n) is 8.76. The Bertz CT molecular complexity index is 2590. The molecule has 4 amide bonds. The summed E-state index contributed by atoms with van der Waals surface area (Å²) in [4.78, 5) is 70.8. The van der Waals surface area contributed by atoms with Gasteiger partial charge in [-0.15, -0.1) is 0 Å². The smallest absolute Gasteiger partial charge is 0.266 e. The zero-order chi connectivity index (χ0) is 35.8. The molecule has 0 unspecified atom stereocenters. The normalized spacial score (nSPS) is 12.8. The molecule has 0 fully saturated rings. The zero-order valence-electron chi connectivity index (χ0n) is 27.3. The van der Waals surface area contributed by atoms with Gasteiger partial charge in [0, 0.05) is 33.4 Å². The molecule has 7 nitrogen and oxygen atoms in total. The fourth-order valence-corrected chi connectivity index (χ4v) is 6.16. The van der Waals surface area contributed by atoms with Crippen LogP contribution < -0.4 is 9.80 Å². The Morgan fingerprint density at radius 1 is 0.365 bits per heavy atom. The van der Waals surface area contributed by atoms with E-state index in [4.69, 9.17) is 0 Å². The summed E-state index contributed by atoms with van der Waals surface area (Å²) in [6.07, 6.45) is 0. The quantitative estimate of drug-likeness (QED) is 0.111. The molecule has 0 N–H and O–H groups in total. The van der Waals surface area contributed by atoms with E-state index in [1.54, 1.807) is 66.7 Å². The number of carbonyl (C=O) groups excluding carboxylic acids is 5. The Kier molecular flexibility index (Phi) is 7.92. The molecule has 0 spiro atoms. The molecule has 0 aromatic heterocycles. The number of rotatable bonds is 4. The van der Waals surface area contributed by atoms with Gasteiger partial charge in [0.15, 0.2) is 5.78 Å². The number of anilines is 2. The lowest BCUT2D eigenvalue weighted by Gasteiger charge is -2.20. The second-order valence-corrected chi connectivity index (χ2v) is 12.1. The molecule has 8 rings (SSSR count). The number of fused-ring (bicyclic) bond motifs is 2. The number of nitrogens with zero attached hydrogens (tertiary/aromatic N) is 2. The molecular weight excluding hydrogens is 649 g/mol. The minimum absolute atomic E-state index is 0.0332. The molecule has 0 aliphatic carbocycles. The van der Waals surface area contributed by atoms with Gasteiger partial charge in [0.25, 0.3) is 23.6 Å². The van der Waals surface area contributed by atoms with Gasteiger partial charge in [0.1, 0.15) is 0 Å². The average Bonchev–Trinajstić information content (AvgIpc) is 3.60. The number of hydrogen-bond acceptors (Lipinski definition) is 5. The van der Waals surface area contributed by atoms with Crippen molar-refractivity contribution in [1.29, 1.82) is 0 Å². The third kappa shape index (κ3) is 5.75. The summed E-state index contributed by atoms with van der Waals surface area (Å²) < 4.78 is 0. The van der Waals surface area contributed by atoms with Crippen molar-refractivity contribution in [2.75, 3.05) is 9.80 Å². The van der Waals surface area contributed by atoms with Gasteiger partial charge >= 0.3 is 0 Å². The molecule has 2 aliphatic rings. The monoisotopic (exact) mass is 672 g/mol. The fourth-order valence-electron chi connectivity index (χ4n) is 6.16. The van der Waals surface area contributed by atoms with Gasteiger partial charge in [0.2, 0.25) is 0 Å². The SMILES string of the molecule is O=C(c1ccc(C#Cc2ccccc2)cc1)c1cc(N2C(=O)c3ccccc3C2=O)cc(N2C(=O)c3ccc(C#Cc4ccccc4)cc3C2=O)c1. The van der Waals surface area contributed by atoms with Crippen LogP contribution >= 0.6 is 0 Å². The number of benzene rings is 6. The lowest BCUT2D eigenvalue weighted by atomic mass is 10.00. The van der Waals surface area contributed by atoms with E-state index in [0.717, 1.165) is 20.9 Å². The van der Waals surface area contributed by atoms with Crippen LogP contribution in [0.5, 0.6) is 0 Å². The van der Waals surface area contributed by atoms with E-state index < -0.39 is 29.4 Å². The lowest BCUT2D eigenvalue weighted by molar-refractivity contribution is 0.0912. The van der Waals surface area contributed by atoms with Crippen molar-refractivity contribution >= 4 is 40.8 Å². The molecule has 0 saturated heterocycles. The van der Waals surface area contributed by atoms with Gasteiger partial charge in [-0.25, -0.2) is 9.80 Å². The van der Waals surface area contributed by atoms with Crippen LogP contribution in [0.4, 0.5) is 11.4 Å². The first-order valence-electron chi connectivity index (χ1n) is 16.3. The maximum absolute atomic E-state index is 14.0. The first kappa shape index (κ1) is 31.6. The minimum atomic E-state index is -0.623. The van der Waals surface area contributed by atoms with Gasteiger partial charge in [0.05, 0.1) is 33.6 Å². The average molecular weight is 673 g/mol. The summed E-state index contributed by atoms with van der Waals surface area (Å²) in [6, 6.07) is 41.0. The van der Waals surface area contributed by atoms with E-state index in [2.05, 4.69) is 23.7 Å². The predicted octanol–water partition coefficient (Wildman–Crippen LogP) is 7.32. The molecule has 7 heteroatoms. The summed E-state index contributed by atoms with van der Waals surface area (Å²) in [5.74, 6) is 9.42. The topological polar surface area (TPSA) is 91.8 Å². The number of ketones is 1. The molecule has 52 heavy (non-hydrogen) atoms. The van der Waals surface area contributed by atoms with Crippen LogP contribution in [0, 0.1) is 23.7 Å². The van der Waals surface area contributed by atoms with Crippen molar-refractivity contribution in [3.63, 3.8) is 0 Å². The first-order valence-corrected chi connectivity index (χ1v) is 16.3. The van der Waals surface area contributed by atoms with Gasteiger partial charge in [-0.3, -0.25) is 24.0 Å². The largest absolute Gasteiger partial charge is 0.289 e. The Labute approximate surface area is 298 Å². The highest BCUT2D eigenvalue weighted by molar-refractivity contribution is 6.36. The van der Waals surface area contributed by atoms with Crippen molar-refractivity contribution < 1.29 is 24.0 Å². The molecule has 2 aliphatic heterocycles. The minimum Gasteiger partial charge on any atom is -0.289 e. The van der Waals surface area contributed by atoms with Crippen molar-refractivity contribution in [2.45, 2.75) is 0 Å². The first-order chi connectivity index (χ1) is 25.4. The zero-order valence-corrected chi connectivity index (χ0v) is 27.3. The van der Waals surface area contributed by atoms with E-state index in [-0.39, 0.29) is 39.2 Å². The second kappa shape index (κ2) is 13.0. The van der Waals surface area contributed by atoms with Crippen molar-refractivity contribution in [2.24, 2.45) is 0 Å². The Balaban J connectivity index is 1.17. The Hall–Kier alpha value is -7.61. The van der Waals surface area contributed by atoms with Crippen LogP contribution in [0.15, 0.2) is 146 Å². The van der Waals surface area contributed by atoms with E-state index >= 15 is 0 Å². The van der Waals surface area contributed by atoms with Gasteiger partial charge in [-0.1, -0.05) is 72.2 Å². The Morgan fingerprint density at radius 2 is 0.769 bits per heavy atom. The number of hydrogen-bond donors (Lipinski definition) is 0. The molecule has 244 valence electrons. The highest BCUT2D eigenvalue weighted by Crippen LogP contribution is 2.36.